The summed E-state index contributed by atoms with van der Waals surface area (Å²) in [6, 6.07) is 3.10. The SMILES string of the molecule is CCCC1CCC(CCCCc2ccc(OC)c(F)c2F)O1. The quantitative estimate of drug-likeness (QED) is 0.627. The van der Waals surface area contributed by atoms with Crippen LogP contribution in [0.25, 0.3) is 0 Å². The van der Waals surface area contributed by atoms with Crippen molar-refractivity contribution in [2.24, 2.45) is 0 Å². The van der Waals surface area contributed by atoms with Crippen LogP contribution in [-0.2, 0) is 11.2 Å². The summed E-state index contributed by atoms with van der Waals surface area (Å²) < 4.78 is 38.2. The van der Waals surface area contributed by atoms with Gasteiger partial charge in [0, 0.05) is 0 Å². The molecule has 4 heteroatoms. The lowest BCUT2D eigenvalue weighted by Gasteiger charge is -2.13. The third-order valence-corrected chi connectivity index (χ3v) is 4.38. The number of hydrogen-bond donors (Lipinski definition) is 0. The van der Waals surface area contributed by atoms with E-state index in [4.69, 9.17) is 9.47 Å². The molecule has 0 spiro atoms. The minimum absolute atomic E-state index is 0.0393. The highest BCUT2D eigenvalue weighted by molar-refractivity contribution is 5.31. The van der Waals surface area contributed by atoms with E-state index in [1.54, 1.807) is 6.07 Å². The van der Waals surface area contributed by atoms with E-state index < -0.39 is 11.6 Å². The maximum atomic E-state index is 13.8. The molecule has 0 radical (unpaired) electrons. The number of rotatable bonds is 8. The van der Waals surface area contributed by atoms with Crippen molar-refractivity contribution >= 4 is 0 Å². The summed E-state index contributed by atoms with van der Waals surface area (Å²) in [6.45, 7) is 2.18. The highest BCUT2D eigenvalue weighted by atomic mass is 19.2. The van der Waals surface area contributed by atoms with Gasteiger partial charge in [-0.1, -0.05) is 25.8 Å². The number of methoxy groups -OCH3 is 1. The van der Waals surface area contributed by atoms with Crippen LogP contribution >= 0.6 is 0 Å². The summed E-state index contributed by atoms with van der Waals surface area (Å²) in [5.74, 6) is -1.71. The summed E-state index contributed by atoms with van der Waals surface area (Å²) in [6.07, 6.45) is 8.80. The fraction of sp³-hybridized carbons (Fsp3) is 0.667. The average molecular weight is 312 g/mol. The molecular formula is C18H26F2O2. The summed E-state index contributed by atoms with van der Waals surface area (Å²) in [5.41, 5.74) is 0.425. The van der Waals surface area contributed by atoms with Crippen molar-refractivity contribution in [3.63, 3.8) is 0 Å². The molecule has 2 rings (SSSR count). The van der Waals surface area contributed by atoms with Crippen LogP contribution in [0.3, 0.4) is 0 Å². The topological polar surface area (TPSA) is 18.5 Å². The highest BCUT2D eigenvalue weighted by Crippen LogP contribution is 2.27. The second-order valence-corrected chi connectivity index (χ2v) is 6.05. The summed E-state index contributed by atoms with van der Waals surface area (Å²) in [7, 11) is 1.34. The monoisotopic (exact) mass is 312 g/mol. The van der Waals surface area contributed by atoms with Gasteiger partial charge in [0.25, 0.3) is 0 Å². The third kappa shape index (κ3) is 4.42. The van der Waals surface area contributed by atoms with E-state index in [0.29, 0.717) is 24.2 Å². The van der Waals surface area contributed by atoms with Gasteiger partial charge in [0.15, 0.2) is 11.6 Å². The summed E-state index contributed by atoms with van der Waals surface area (Å²) in [5, 5.41) is 0. The molecule has 0 bridgehead atoms. The molecule has 2 atom stereocenters. The summed E-state index contributed by atoms with van der Waals surface area (Å²) in [4.78, 5) is 0. The first-order valence-electron chi connectivity index (χ1n) is 8.32. The van der Waals surface area contributed by atoms with Crippen molar-refractivity contribution in [1.29, 1.82) is 0 Å². The lowest BCUT2D eigenvalue weighted by atomic mass is 10.0. The van der Waals surface area contributed by atoms with E-state index in [1.807, 2.05) is 0 Å². The molecule has 1 aliphatic heterocycles. The van der Waals surface area contributed by atoms with Gasteiger partial charge in [0.05, 0.1) is 19.3 Å². The van der Waals surface area contributed by atoms with Gasteiger partial charge in [-0.25, -0.2) is 4.39 Å². The van der Waals surface area contributed by atoms with Crippen molar-refractivity contribution in [3.8, 4) is 5.75 Å². The smallest absolute Gasteiger partial charge is 0.200 e. The third-order valence-electron chi connectivity index (χ3n) is 4.38. The van der Waals surface area contributed by atoms with Gasteiger partial charge >= 0.3 is 0 Å². The Bertz CT molecular complexity index is 476. The zero-order valence-corrected chi connectivity index (χ0v) is 13.5. The van der Waals surface area contributed by atoms with Crippen LogP contribution in [-0.4, -0.2) is 19.3 Å². The van der Waals surface area contributed by atoms with Crippen molar-refractivity contribution in [2.75, 3.05) is 7.11 Å². The van der Waals surface area contributed by atoms with Crippen LogP contribution in [0.4, 0.5) is 8.78 Å². The zero-order chi connectivity index (χ0) is 15.9. The Hall–Kier alpha value is -1.16. The standard InChI is InChI=1S/C18H26F2O2/c1-3-6-14-10-11-15(22-14)8-5-4-7-13-9-12-16(21-2)18(20)17(13)19/h9,12,14-15H,3-8,10-11H2,1-2H3. The maximum Gasteiger partial charge on any atom is 0.200 e. The maximum absolute atomic E-state index is 13.8. The van der Waals surface area contributed by atoms with Crippen LogP contribution in [0.5, 0.6) is 5.75 Å². The Labute approximate surface area is 131 Å². The van der Waals surface area contributed by atoms with Gasteiger partial charge in [-0.05, 0) is 50.2 Å². The van der Waals surface area contributed by atoms with Gasteiger partial charge < -0.3 is 9.47 Å². The number of unbranched alkanes of at least 4 members (excludes halogenated alkanes) is 1. The molecular weight excluding hydrogens is 286 g/mol. The van der Waals surface area contributed by atoms with Crippen LogP contribution in [0.2, 0.25) is 0 Å². The number of benzene rings is 1. The van der Waals surface area contributed by atoms with Crippen LogP contribution in [0.1, 0.15) is 57.4 Å². The van der Waals surface area contributed by atoms with E-state index >= 15 is 0 Å². The van der Waals surface area contributed by atoms with Crippen LogP contribution in [0, 0.1) is 11.6 Å². The van der Waals surface area contributed by atoms with Crippen LogP contribution < -0.4 is 4.74 Å². The Morgan fingerprint density at radius 1 is 1.09 bits per heavy atom. The molecule has 0 saturated carbocycles. The van der Waals surface area contributed by atoms with Gasteiger partial charge in [-0.2, -0.15) is 4.39 Å². The van der Waals surface area contributed by atoms with Crippen molar-refractivity contribution < 1.29 is 18.3 Å². The Morgan fingerprint density at radius 3 is 2.50 bits per heavy atom. The number of halogens is 2. The molecule has 1 aromatic carbocycles. The number of hydrogen-bond acceptors (Lipinski definition) is 2. The van der Waals surface area contributed by atoms with E-state index in [-0.39, 0.29) is 5.75 Å². The average Bonchev–Trinajstić information content (AvgIpc) is 2.96. The van der Waals surface area contributed by atoms with E-state index in [0.717, 1.165) is 38.5 Å². The zero-order valence-electron chi connectivity index (χ0n) is 13.5. The highest BCUT2D eigenvalue weighted by Gasteiger charge is 2.23. The Balaban J connectivity index is 1.72. The largest absolute Gasteiger partial charge is 0.494 e. The van der Waals surface area contributed by atoms with E-state index in [2.05, 4.69) is 6.92 Å². The first kappa shape index (κ1) is 17.2. The van der Waals surface area contributed by atoms with Gasteiger partial charge in [0.1, 0.15) is 0 Å². The molecule has 22 heavy (non-hydrogen) atoms. The molecule has 0 aliphatic carbocycles. The number of aryl methyl sites for hydroxylation is 1. The van der Waals surface area contributed by atoms with Crippen molar-refractivity contribution in [3.05, 3.63) is 29.3 Å². The molecule has 2 unspecified atom stereocenters. The fourth-order valence-electron chi connectivity index (χ4n) is 3.14. The number of ether oxygens (including phenoxy) is 2. The molecule has 2 nitrogen and oxygen atoms in total. The summed E-state index contributed by atoms with van der Waals surface area (Å²) >= 11 is 0. The molecule has 124 valence electrons. The minimum Gasteiger partial charge on any atom is -0.494 e. The first-order chi connectivity index (χ1) is 10.7. The molecule has 1 fully saturated rings. The van der Waals surface area contributed by atoms with Gasteiger partial charge in [-0.3, -0.25) is 0 Å². The normalized spacial score (nSPS) is 21.3. The van der Waals surface area contributed by atoms with E-state index in [1.165, 1.54) is 19.6 Å². The molecule has 0 N–H and O–H groups in total. The van der Waals surface area contributed by atoms with Crippen molar-refractivity contribution in [2.45, 2.75) is 70.5 Å². The second kappa shape index (κ2) is 8.47. The molecule has 1 aromatic rings. The van der Waals surface area contributed by atoms with Gasteiger partial charge in [0.2, 0.25) is 5.82 Å². The minimum atomic E-state index is -0.887. The Morgan fingerprint density at radius 2 is 1.82 bits per heavy atom. The molecule has 0 amide bonds. The van der Waals surface area contributed by atoms with Crippen molar-refractivity contribution in [1.82, 2.24) is 0 Å². The Kier molecular flexibility index (Phi) is 6.62. The fourth-order valence-corrected chi connectivity index (χ4v) is 3.14. The lowest BCUT2D eigenvalue weighted by molar-refractivity contribution is 0.0346. The first-order valence-corrected chi connectivity index (χ1v) is 8.32. The predicted molar refractivity (Wildman–Crippen MR) is 83.3 cm³/mol. The van der Waals surface area contributed by atoms with Crippen LogP contribution in [0.15, 0.2) is 12.1 Å². The predicted octanol–water partition coefficient (Wildman–Crippen LogP) is 5.03. The molecule has 0 aromatic heterocycles. The second-order valence-electron chi connectivity index (χ2n) is 6.05. The molecule has 1 aliphatic rings. The molecule has 1 heterocycles. The van der Waals surface area contributed by atoms with E-state index in [9.17, 15) is 8.78 Å². The lowest BCUT2D eigenvalue weighted by Crippen LogP contribution is -2.10. The van der Waals surface area contributed by atoms with Gasteiger partial charge in [-0.15, -0.1) is 0 Å². The molecule has 1 saturated heterocycles.